The van der Waals surface area contributed by atoms with Crippen molar-refractivity contribution >= 4 is 5.69 Å². The third-order valence-electron chi connectivity index (χ3n) is 3.48. The smallest absolute Gasteiger partial charge is 0.139 e. The van der Waals surface area contributed by atoms with Crippen LogP contribution in [0.25, 0.3) is 11.4 Å². The Balaban J connectivity index is 1.64. The van der Waals surface area contributed by atoms with E-state index in [9.17, 15) is 0 Å². The van der Waals surface area contributed by atoms with Crippen LogP contribution in [-0.2, 0) is 6.54 Å². The van der Waals surface area contributed by atoms with Gasteiger partial charge in [-0.15, -0.1) is 0 Å². The van der Waals surface area contributed by atoms with E-state index in [1.54, 1.807) is 0 Å². The Morgan fingerprint density at radius 1 is 1.00 bits per heavy atom. The summed E-state index contributed by atoms with van der Waals surface area (Å²) in [6, 6.07) is 18.7. The van der Waals surface area contributed by atoms with E-state index in [0.29, 0.717) is 0 Å². The van der Waals surface area contributed by atoms with Gasteiger partial charge in [0.15, 0.2) is 0 Å². The molecule has 0 spiro atoms. The number of aryl methyl sites for hydroxylation is 1. The molecule has 1 aromatic heterocycles. The fourth-order valence-corrected chi connectivity index (χ4v) is 2.33. The number of rotatable bonds is 5. The molecule has 3 rings (SSSR count). The number of hydrogen-bond donors (Lipinski definition) is 1. The van der Waals surface area contributed by atoms with Crippen molar-refractivity contribution in [3.05, 3.63) is 72.6 Å². The van der Waals surface area contributed by atoms with Gasteiger partial charge >= 0.3 is 0 Å². The Bertz CT molecular complexity index is 684. The molecule has 1 N–H and O–H groups in total. The van der Waals surface area contributed by atoms with E-state index in [1.165, 1.54) is 5.56 Å². The highest BCUT2D eigenvalue weighted by atomic mass is 15.1. The number of nitrogens with zero attached hydrogens (tertiary/aromatic N) is 2. The molecular formula is C18H19N3. The summed E-state index contributed by atoms with van der Waals surface area (Å²) < 4.78 is 2.18. The highest BCUT2D eigenvalue weighted by Gasteiger charge is 2.04. The molecule has 0 radical (unpaired) electrons. The van der Waals surface area contributed by atoms with Gasteiger partial charge in [0, 0.05) is 36.7 Å². The Morgan fingerprint density at radius 2 is 1.76 bits per heavy atom. The molecule has 1 heterocycles. The monoisotopic (exact) mass is 277 g/mol. The average molecular weight is 277 g/mol. The summed E-state index contributed by atoms with van der Waals surface area (Å²) in [6.45, 7) is 3.86. The minimum atomic E-state index is 0.874. The van der Waals surface area contributed by atoms with Gasteiger partial charge in [-0.05, 0) is 19.1 Å². The van der Waals surface area contributed by atoms with Crippen molar-refractivity contribution in [1.82, 2.24) is 9.55 Å². The van der Waals surface area contributed by atoms with Crippen molar-refractivity contribution in [3.8, 4) is 11.4 Å². The van der Waals surface area contributed by atoms with Crippen LogP contribution < -0.4 is 5.32 Å². The van der Waals surface area contributed by atoms with Crippen LogP contribution in [0.3, 0.4) is 0 Å². The van der Waals surface area contributed by atoms with Crippen molar-refractivity contribution in [1.29, 1.82) is 0 Å². The van der Waals surface area contributed by atoms with Gasteiger partial charge in [-0.3, -0.25) is 0 Å². The number of imidazole rings is 1. The van der Waals surface area contributed by atoms with Crippen LogP contribution >= 0.6 is 0 Å². The summed E-state index contributed by atoms with van der Waals surface area (Å²) in [5.41, 5.74) is 3.58. The molecule has 0 fully saturated rings. The van der Waals surface area contributed by atoms with Gasteiger partial charge in [0.1, 0.15) is 5.82 Å². The summed E-state index contributed by atoms with van der Waals surface area (Å²) in [4.78, 5) is 4.46. The maximum absolute atomic E-state index is 4.46. The number of nitrogens with one attached hydrogen (secondary N) is 1. The Hall–Kier alpha value is -2.55. The maximum Gasteiger partial charge on any atom is 0.139 e. The number of hydrogen-bond acceptors (Lipinski definition) is 2. The summed E-state index contributed by atoms with van der Waals surface area (Å²) in [5, 5.41) is 3.44. The normalized spacial score (nSPS) is 10.5. The second kappa shape index (κ2) is 6.27. The van der Waals surface area contributed by atoms with Crippen LogP contribution in [-0.4, -0.2) is 16.1 Å². The Labute approximate surface area is 125 Å². The highest BCUT2D eigenvalue weighted by molar-refractivity contribution is 5.55. The second-order valence-corrected chi connectivity index (χ2v) is 5.10. The average Bonchev–Trinajstić information content (AvgIpc) is 2.99. The van der Waals surface area contributed by atoms with Crippen LogP contribution in [0.15, 0.2) is 67.0 Å². The lowest BCUT2D eigenvalue weighted by Gasteiger charge is -2.10. The SMILES string of the molecule is Cc1ccc(NCCn2ccnc2-c2ccccc2)cc1. The minimum absolute atomic E-state index is 0.874. The van der Waals surface area contributed by atoms with Crippen molar-refractivity contribution in [2.75, 3.05) is 11.9 Å². The Morgan fingerprint density at radius 3 is 2.52 bits per heavy atom. The second-order valence-electron chi connectivity index (χ2n) is 5.10. The van der Waals surface area contributed by atoms with E-state index in [0.717, 1.165) is 30.2 Å². The van der Waals surface area contributed by atoms with Crippen LogP contribution in [0.5, 0.6) is 0 Å². The first-order valence-electron chi connectivity index (χ1n) is 7.20. The van der Waals surface area contributed by atoms with E-state index >= 15 is 0 Å². The first-order valence-corrected chi connectivity index (χ1v) is 7.20. The van der Waals surface area contributed by atoms with Gasteiger partial charge in [-0.25, -0.2) is 4.98 Å². The molecule has 0 aliphatic rings. The lowest BCUT2D eigenvalue weighted by Crippen LogP contribution is -2.10. The standard InChI is InChI=1S/C18H19N3/c1-15-7-9-17(10-8-15)19-11-13-21-14-12-20-18(21)16-5-3-2-4-6-16/h2-10,12,14,19H,11,13H2,1H3. The molecule has 3 aromatic rings. The summed E-state index contributed by atoms with van der Waals surface area (Å²) >= 11 is 0. The van der Waals surface area contributed by atoms with E-state index < -0.39 is 0 Å². The van der Waals surface area contributed by atoms with E-state index in [1.807, 2.05) is 30.6 Å². The zero-order chi connectivity index (χ0) is 14.5. The molecule has 0 saturated heterocycles. The number of aromatic nitrogens is 2. The van der Waals surface area contributed by atoms with Crippen molar-refractivity contribution in [3.63, 3.8) is 0 Å². The van der Waals surface area contributed by atoms with E-state index in [2.05, 4.69) is 58.2 Å². The Kier molecular flexibility index (Phi) is 4.01. The summed E-state index contributed by atoms with van der Waals surface area (Å²) in [7, 11) is 0. The zero-order valence-corrected chi connectivity index (χ0v) is 12.2. The third-order valence-corrected chi connectivity index (χ3v) is 3.48. The lowest BCUT2D eigenvalue weighted by molar-refractivity contribution is 0.735. The fourth-order valence-electron chi connectivity index (χ4n) is 2.33. The van der Waals surface area contributed by atoms with E-state index in [4.69, 9.17) is 0 Å². The first kappa shape index (κ1) is 13.4. The molecule has 0 amide bonds. The van der Waals surface area contributed by atoms with Gasteiger partial charge in [-0.2, -0.15) is 0 Å². The third kappa shape index (κ3) is 3.31. The van der Waals surface area contributed by atoms with Crippen LogP contribution in [0.1, 0.15) is 5.56 Å². The first-order chi connectivity index (χ1) is 10.3. The van der Waals surface area contributed by atoms with Crippen LogP contribution in [0.2, 0.25) is 0 Å². The molecule has 21 heavy (non-hydrogen) atoms. The molecule has 2 aromatic carbocycles. The molecule has 0 saturated carbocycles. The molecule has 0 atom stereocenters. The van der Waals surface area contributed by atoms with Crippen LogP contribution in [0.4, 0.5) is 5.69 Å². The van der Waals surface area contributed by atoms with Crippen molar-refractivity contribution in [2.24, 2.45) is 0 Å². The molecule has 0 aliphatic carbocycles. The molecule has 106 valence electrons. The van der Waals surface area contributed by atoms with Gasteiger partial charge in [-0.1, -0.05) is 48.0 Å². The maximum atomic E-state index is 4.46. The molecule has 3 nitrogen and oxygen atoms in total. The lowest BCUT2D eigenvalue weighted by atomic mass is 10.2. The number of benzene rings is 2. The van der Waals surface area contributed by atoms with Gasteiger partial charge in [0.05, 0.1) is 0 Å². The minimum Gasteiger partial charge on any atom is -0.383 e. The van der Waals surface area contributed by atoms with Crippen molar-refractivity contribution < 1.29 is 0 Å². The molecule has 0 bridgehead atoms. The largest absolute Gasteiger partial charge is 0.383 e. The molecule has 3 heteroatoms. The predicted molar refractivity (Wildman–Crippen MR) is 87.3 cm³/mol. The fraction of sp³-hybridized carbons (Fsp3) is 0.167. The topological polar surface area (TPSA) is 29.9 Å². The number of anilines is 1. The molecule has 0 unspecified atom stereocenters. The predicted octanol–water partition coefficient (Wildman–Crippen LogP) is 3.97. The zero-order valence-electron chi connectivity index (χ0n) is 12.2. The molecular weight excluding hydrogens is 258 g/mol. The van der Waals surface area contributed by atoms with Gasteiger partial charge < -0.3 is 9.88 Å². The van der Waals surface area contributed by atoms with Crippen LogP contribution in [0, 0.1) is 6.92 Å². The molecule has 0 aliphatic heterocycles. The quantitative estimate of drug-likeness (QED) is 0.764. The van der Waals surface area contributed by atoms with Gasteiger partial charge in [0.2, 0.25) is 0 Å². The van der Waals surface area contributed by atoms with Crippen molar-refractivity contribution in [2.45, 2.75) is 13.5 Å². The van der Waals surface area contributed by atoms with Gasteiger partial charge in [0.25, 0.3) is 0 Å². The highest BCUT2D eigenvalue weighted by Crippen LogP contribution is 2.16. The van der Waals surface area contributed by atoms with E-state index in [-0.39, 0.29) is 0 Å². The summed E-state index contributed by atoms with van der Waals surface area (Å²) in [6.07, 6.45) is 3.88. The summed E-state index contributed by atoms with van der Waals surface area (Å²) in [5.74, 6) is 1.02.